The number of rotatable bonds is 6. The van der Waals surface area contributed by atoms with Crippen LogP contribution >= 0.6 is 0 Å². The predicted molar refractivity (Wildman–Crippen MR) is 90.6 cm³/mol. The van der Waals surface area contributed by atoms with Crippen LogP contribution in [0, 0.1) is 5.82 Å². The lowest BCUT2D eigenvalue weighted by Gasteiger charge is -2.35. The first-order valence-electron chi connectivity index (χ1n) is 8.78. The highest BCUT2D eigenvalue weighted by Crippen LogP contribution is 2.32. The highest BCUT2D eigenvalue weighted by Gasteiger charge is 2.24. The van der Waals surface area contributed by atoms with Gasteiger partial charge in [0.15, 0.2) is 0 Å². The summed E-state index contributed by atoms with van der Waals surface area (Å²) in [6, 6.07) is 7.38. The topological polar surface area (TPSA) is 31.9 Å². The summed E-state index contributed by atoms with van der Waals surface area (Å²) in [6.45, 7) is 4.18. The first kappa shape index (κ1) is 16.2. The van der Waals surface area contributed by atoms with Gasteiger partial charge >= 0.3 is 0 Å². The van der Waals surface area contributed by atoms with Gasteiger partial charge in [-0.1, -0.05) is 31.9 Å². The lowest BCUT2D eigenvalue weighted by atomic mass is 9.95. The molecule has 0 aliphatic carbocycles. The number of likely N-dealkylation sites (tertiary alicyclic amines) is 1. The molecule has 3 nitrogen and oxygen atoms in total. The number of nitrogens with one attached hydrogen (secondary N) is 1. The van der Waals surface area contributed by atoms with Crippen molar-refractivity contribution >= 4 is 0 Å². The molecule has 1 aliphatic rings. The summed E-state index contributed by atoms with van der Waals surface area (Å²) in [7, 11) is 0. The van der Waals surface area contributed by atoms with E-state index in [0.717, 1.165) is 31.8 Å². The van der Waals surface area contributed by atoms with Crippen molar-refractivity contribution in [2.45, 2.75) is 58.0 Å². The van der Waals surface area contributed by atoms with Gasteiger partial charge in [0.1, 0.15) is 11.6 Å². The van der Waals surface area contributed by atoms with Crippen molar-refractivity contribution in [3.63, 3.8) is 0 Å². The lowest BCUT2D eigenvalue weighted by Crippen LogP contribution is -2.33. The Labute approximate surface area is 137 Å². The van der Waals surface area contributed by atoms with Crippen LogP contribution in [0.5, 0.6) is 0 Å². The van der Waals surface area contributed by atoms with Gasteiger partial charge in [0.25, 0.3) is 0 Å². The molecule has 1 fully saturated rings. The maximum absolute atomic E-state index is 13.2. The second kappa shape index (κ2) is 7.73. The molecular weight excluding hydrogens is 289 g/mol. The number of hydrogen-bond acceptors (Lipinski definition) is 2. The van der Waals surface area contributed by atoms with Gasteiger partial charge in [-0.2, -0.15) is 0 Å². The molecule has 0 amide bonds. The molecule has 1 aromatic heterocycles. The third-order valence-electron chi connectivity index (χ3n) is 4.69. The predicted octanol–water partition coefficient (Wildman–Crippen LogP) is 4.62. The minimum absolute atomic E-state index is 0.162. The number of aromatic nitrogens is 2. The van der Waals surface area contributed by atoms with Crippen LogP contribution in [0.1, 0.15) is 62.2 Å². The lowest BCUT2D eigenvalue weighted by molar-refractivity contribution is 0.139. The van der Waals surface area contributed by atoms with E-state index in [0.29, 0.717) is 6.04 Å². The molecule has 4 heteroatoms. The van der Waals surface area contributed by atoms with Crippen LogP contribution in [0.4, 0.5) is 4.39 Å². The van der Waals surface area contributed by atoms with Crippen LogP contribution in [0.25, 0.3) is 0 Å². The number of hydrogen-bond donors (Lipinski definition) is 1. The van der Waals surface area contributed by atoms with Crippen LogP contribution in [0.3, 0.4) is 0 Å². The summed E-state index contributed by atoms with van der Waals surface area (Å²) in [5.74, 6) is 0.933. The third kappa shape index (κ3) is 4.20. The van der Waals surface area contributed by atoms with E-state index in [4.69, 9.17) is 0 Å². The molecule has 1 atom stereocenters. The Balaban J connectivity index is 1.69. The van der Waals surface area contributed by atoms with E-state index in [1.807, 2.05) is 18.3 Å². The number of nitrogens with zero attached hydrogens (tertiary/aromatic N) is 2. The van der Waals surface area contributed by atoms with Gasteiger partial charge in [0.05, 0.1) is 0 Å². The summed E-state index contributed by atoms with van der Waals surface area (Å²) in [4.78, 5) is 10.5. The van der Waals surface area contributed by atoms with Crippen LogP contribution in [0.2, 0.25) is 0 Å². The minimum Gasteiger partial charge on any atom is -0.345 e. The van der Waals surface area contributed by atoms with E-state index < -0.39 is 0 Å². The second-order valence-electron chi connectivity index (χ2n) is 6.49. The average molecular weight is 315 g/mol. The molecule has 1 N–H and O–H groups in total. The van der Waals surface area contributed by atoms with E-state index in [1.165, 1.54) is 36.9 Å². The molecule has 1 saturated heterocycles. The Bertz CT molecular complexity index is 605. The molecule has 1 aliphatic heterocycles. The Morgan fingerprint density at radius 2 is 2.09 bits per heavy atom. The van der Waals surface area contributed by atoms with Gasteiger partial charge in [-0.3, -0.25) is 4.90 Å². The molecule has 1 aromatic carbocycles. The molecule has 0 radical (unpaired) electrons. The number of aromatic amines is 1. The average Bonchev–Trinajstić information content (AvgIpc) is 3.02. The largest absolute Gasteiger partial charge is 0.345 e. The van der Waals surface area contributed by atoms with Crippen LogP contribution in [-0.2, 0) is 13.0 Å². The van der Waals surface area contributed by atoms with Gasteiger partial charge in [-0.15, -0.1) is 0 Å². The summed E-state index contributed by atoms with van der Waals surface area (Å²) in [6.07, 6.45) is 8.98. The summed E-state index contributed by atoms with van der Waals surface area (Å²) >= 11 is 0. The molecule has 0 spiro atoms. The fraction of sp³-hybridized carbons (Fsp3) is 0.526. The summed E-state index contributed by atoms with van der Waals surface area (Å²) in [5, 5.41) is 0. The summed E-state index contributed by atoms with van der Waals surface area (Å²) in [5.41, 5.74) is 2.40. The first-order valence-corrected chi connectivity index (χ1v) is 8.78. The molecule has 0 unspecified atom stereocenters. The van der Waals surface area contributed by atoms with Crippen molar-refractivity contribution in [2.75, 3.05) is 6.54 Å². The van der Waals surface area contributed by atoms with E-state index in [1.54, 1.807) is 12.1 Å². The van der Waals surface area contributed by atoms with Crippen LogP contribution in [0.15, 0.2) is 30.5 Å². The molecule has 23 heavy (non-hydrogen) atoms. The minimum atomic E-state index is -0.162. The molecule has 3 rings (SSSR count). The van der Waals surface area contributed by atoms with Crippen molar-refractivity contribution in [1.29, 1.82) is 0 Å². The number of H-pyrrole nitrogens is 1. The van der Waals surface area contributed by atoms with Crippen molar-refractivity contribution < 1.29 is 4.39 Å². The Hall–Kier alpha value is -1.68. The maximum Gasteiger partial charge on any atom is 0.123 e. The SMILES string of the molecule is CCCCc1ncc(CN2CCCC[C@@H]2c2ccc(F)cc2)[nH]1. The Morgan fingerprint density at radius 3 is 2.87 bits per heavy atom. The van der Waals surface area contributed by atoms with E-state index >= 15 is 0 Å². The molecule has 2 heterocycles. The zero-order valence-corrected chi connectivity index (χ0v) is 13.9. The number of benzene rings is 1. The Kier molecular flexibility index (Phi) is 5.44. The smallest absolute Gasteiger partial charge is 0.123 e. The number of halogens is 1. The van der Waals surface area contributed by atoms with Gasteiger partial charge < -0.3 is 4.98 Å². The third-order valence-corrected chi connectivity index (χ3v) is 4.69. The van der Waals surface area contributed by atoms with Crippen molar-refractivity contribution in [3.8, 4) is 0 Å². The highest BCUT2D eigenvalue weighted by atomic mass is 19.1. The second-order valence-corrected chi connectivity index (χ2v) is 6.49. The number of unbranched alkanes of at least 4 members (excludes halogenated alkanes) is 1. The van der Waals surface area contributed by atoms with Gasteiger partial charge in [0, 0.05) is 30.9 Å². The number of piperidine rings is 1. The van der Waals surface area contributed by atoms with Gasteiger partial charge in [0.2, 0.25) is 0 Å². The fourth-order valence-corrected chi connectivity index (χ4v) is 3.42. The van der Waals surface area contributed by atoms with Gasteiger partial charge in [-0.05, 0) is 43.5 Å². The standard InChI is InChI=1S/C19H26FN3/c1-2-3-7-19-21-13-17(22-19)14-23-12-5-4-6-18(23)15-8-10-16(20)11-9-15/h8-11,13,18H,2-7,12,14H2,1H3,(H,21,22)/t18-/m1/s1. The van der Waals surface area contributed by atoms with Crippen LogP contribution in [-0.4, -0.2) is 21.4 Å². The van der Waals surface area contributed by atoms with E-state index in [9.17, 15) is 4.39 Å². The normalized spacial score (nSPS) is 19.1. The molecular formula is C19H26FN3. The fourth-order valence-electron chi connectivity index (χ4n) is 3.42. The van der Waals surface area contributed by atoms with E-state index in [2.05, 4.69) is 21.8 Å². The highest BCUT2D eigenvalue weighted by molar-refractivity contribution is 5.21. The summed E-state index contributed by atoms with van der Waals surface area (Å²) < 4.78 is 13.2. The molecule has 2 aromatic rings. The van der Waals surface area contributed by atoms with E-state index in [-0.39, 0.29) is 5.82 Å². The zero-order valence-electron chi connectivity index (χ0n) is 13.9. The number of aryl methyl sites for hydroxylation is 1. The number of imidazole rings is 1. The molecule has 0 saturated carbocycles. The zero-order chi connectivity index (χ0) is 16.1. The van der Waals surface area contributed by atoms with Crippen molar-refractivity contribution in [1.82, 2.24) is 14.9 Å². The molecule has 124 valence electrons. The quantitative estimate of drug-likeness (QED) is 0.843. The van der Waals surface area contributed by atoms with Crippen molar-refractivity contribution in [2.24, 2.45) is 0 Å². The monoisotopic (exact) mass is 315 g/mol. The maximum atomic E-state index is 13.2. The Morgan fingerprint density at radius 1 is 1.26 bits per heavy atom. The van der Waals surface area contributed by atoms with Gasteiger partial charge in [-0.25, -0.2) is 9.37 Å². The molecule has 0 bridgehead atoms. The van der Waals surface area contributed by atoms with Crippen LogP contribution < -0.4 is 0 Å². The van der Waals surface area contributed by atoms with Crippen molar-refractivity contribution in [3.05, 3.63) is 53.4 Å². The first-order chi connectivity index (χ1) is 11.3.